The molecule has 0 saturated heterocycles. The van der Waals surface area contributed by atoms with Crippen LogP contribution >= 0.6 is 0 Å². The highest BCUT2D eigenvalue weighted by molar-refractivity contribution is 6.40. The summed E-state index contributed by atoms with van der Waals surface area (Å²) < 4.78 is 1.94. The summed E-state index contributed by atoms with van der Waals surface area (Å²) in [4.78, 5) is 30.1. The van der Waals surface area contributed by atoms with Gasteiger partial charge in [-0.05, 0) is 52.6 Å². The molecule has 1 aromatic heterocycles. The van der Waals surface area contributed by atoms with Crippen molar-refractivity contribution >= 4 is 23.1 Å². The number of nitrogens with zero attached hydrogens (tertiary/aromatic N) is 3. The predicted octanol–water partition coefficient (Wildman–Crippen LogP) is 3.05. The van der Waals surface area contributed by atoms with Crippen LogP contribution in [0.3, 0.4) is 0 Å². The molecule has 2 aliphatic heterocycles. The summed E-state index contributed by atoms with van der Waals surface area (Å²) in [5, 5.41) is 0. The third kappa shape index (κ3) is 2.75. The second kappa shape index (κ2) is 6.81. The average Bonchev–Trinajstić information content (AvgIpc) is 3.27. The van der Waals surface area contributed by atoms with Gasteiger partial charge in [-0.15, -0.1) is 0 Å². The molecule has 3 heterocycles. The van der Waals surface area contributed by atoms with Crippen LogP contribution in [0.1, 0.15) is 5.56 Å². The number of aryl methyl sites for hydroxylation is 1. The van der Waals surface area contributed by atoms with Crippen molar-refractivity contribution in [2.45, 2.75) is 0 Å². The Morgan fingerprint density at radius 1 is 0.833 bits per heavy atom. The first-order valence-corrected chi connectivity index (χ1v) is 9.73. The van der Waals surface area contributed by atoms with Crippen LogP contribution in [0.15, 0.2) is 108 Å². The van der Waals surface area contributed by atoms with Gasteiger partial charge in [0.15, 0.2) is 12.4 Å². The molecule has 0 spiro atoms. The number of aromatic nitrogens is 1. The van der Waals surface area contributed by atoms with E-state index in [1.807, 2.05) is 96.9 Å². The van der Waals surface area contributed by atoms with Crippen molar-refractivity contribution in [3.63, 3.8) is 0 Å². The maximum Gasteiger partial charge on any atom is 0.266 e. The molecular weight excluding hydrogens is 374 g/mol. The van der Waals surface area contributed by atoms with Crippen LogP contribution in [0, 0.1) is 0 Å². The number of benzene rings is 1. The minimum atomic E-state index is -0.280. The lowest BCUT2D eigenvalue weighted by Gasteiger charge is -2.18. The van der Waals surface area contributed by atoms with Crippen molar-refractivity contribution in [1.29, 1.82) is 0 Å². The normalized spacial score (nSPS) is 18.0. The Balaban J connectivity index is 1.70. The molecule has 2 amide bonds. The molecule has 0 saturated carbocycles. The minimum Gasteiger partial charge on any atom is -0.357 e. The number of carbonyl (C=O) groups excluding carboxylic acids is 2. The lowest BCUT2D eigenvalue weighted by molar-refractivity contribution is -0.671. The largest absolute Gasteiger partial charge is 0.357 e. The number of pyridine rings is 1. The van der Waals surface area contributed by atoms with E-state index in [1.165, 1.54) is 4.90 Å². The highest BCUT2D eigenvalue weighted by Crippen LogP contribution is 2.45. The number of anilines is 1. The van der Waals surface area contributed by atoms with Gasteiger partial charge in [0.25, 0.3) is 11.8 Å². The molecule has 0 fully saturated rings. The molecule has 3 aliphatic rings. The molecule has 5 heteroatoms. The van der Waals surface area contributed by atoms with Crippen molar-refractivity contribution in [2.75, 3.05) is 11.9 Å². The van der Waals surface area contributed by atoms with Gasteiger partial charge in [0.1, 0.15) is 7.05 Å². The Morgan fingerprint density at radius 2 is 1.47 bits per heavy atom. The fraction of sp³-hybridized carbons (Fsp3) is 0.0800. The van der Waals surface area contributed by atoms with Crippen molar-refractivity contribution in [3.05, 3.63) is 113 Å². The fourth-order valence-electron chi connectivity index (χ4n) is 3.95. The summed E-state index contributed by atoms with van der Waals surface area (Å²) in [7, 11) is 3.89. The monoisotopic (exact) mass is 394 g/mol. The molecule has 1 aromatic carbocycles. The highest BCUT2D eigenvalue weighted by atomic mass is 16.2. The molecule has 0 atom stereocenters. The number of imide groups is 1. The topological polar surface area (TPSA) is 44.5 Å². The first kappa shape index (κ1) is 18.1. The van der Waals surface area contributed by atoms with Gasteiger partial charge < -0.3 is 4.90 Å². The van der Waals surface area contributed by atoms with Crippen molar-refractivity contribution < 1.29 is 14.2 Å². The minimum absolute atomic E-state index is 0.280. The fourth-order valence-corrected chi connectivity index (χ4v) is 3.95. The molecule has 5 nitrogen and oxygen atoms in total. The van der Waals surface area contributed by atoms with Crippen molar-refractivity contribution in [3.8, 4) is 0 Å². The van der Waals surface area contributed by atoms with Crippen LogP contribution in [0.2, 0.25) is 0 Å². The summed E-state index contributed by atoms with van der Waals surface area (Å²) >= 11 is 0. The summed E-state index contributed by atoms with van der Waals surface area (Å²) in [6.07, 6.45) is 13.6. The van der Waals surface area contributed by atoms with Crippen molar-refractivity contribution in [1.82, 2.24) is 4.90 Å². The van der Waals surface area contributed by atoms with Crippen molar-refractivity contribution in [2.24, 2.45) is 7.05 Å². The number of allylic oxidation sites excluding steroid dienone is 4. The van der Waals surface area contributed by atoms with E-state index < -0.39 is 0 Å². The van der Waals surface area contributed by atoms with E-state index in [9.17, 15) is 9.59 Å². The summed E-state index contributed by atoms with van der Waals surface area (Å²) in [5.41, 5.74) is 4.92. The zero-order valence-corrected chi connectivity index (χ0v) is 16.7. The van der Waals surface area contributed by atoms with Gasteiger partial charge in [-0.25, -0.2) is 9.47 Å². The third-order valence-electron chi connectivity index (χ3n) is 5.50. The van der Waals surface area contributed by atoms with Gasteiger partial charge >= 0.3 is 0 Å². The van der Waals surface area contributed by atoms with Gasteiger partial charge in [0, 0.05) is 31.6 Å². The third-order valence-corrected chi connectivity index (χ3v) is 5.50. The zero-order valence-electron chi connectivity index (χ0n) is 16.7. The average molecular weight is 394 g/mol. The van der Waals surface area contributed by atoms with E-state index in [2.05, 4.69) is 0 Å². The first-order chi connectivity index (χ1) is 14.5. The molecule has 0 bridgehead atoms. The standard InChI is InChI=1S/C25H20N3O2/c1-26-12-8-17(9-13-26)20-16-21(18-10-14-27(2)15-11-18)23-22(20)24(29)28(25(23)30)19-6-4-3-5-7-19/h3-16H,1-2H3/q+1. The van der Waals surface area contributed by atoms with Crippen LogP contribution in [0.5, 0.6) is 0 Å². The Morgan fingerprint density at radius 3 is 2.13 bits per heavy atom. The quantitative estimate of drug-likeness (QED) is 0.581. The van der Waals surface area contributed by atoms with Gasteiger partial charge in [0.05, 0.1) is 16.8 Å². The van der Waals surface area contributed by atoms with E-state index in [4.69, 9.17) is 0 Å². The Hall–Kier alpha value is -3.99. The summed E-state index contributed by atoms with van der Waals surface area (Å²) in [6.45, 7) is 0. The van der Waals surface area contributed by atoms with Crippen LogP contribution in [-0.4, -0.2) is 23.8 Å². The number of rotatable bonds is 2. The zero-order chi connectivity index (χ0) is 20.8. The Labute approximate surface area is 174 Å². The lowest BCUT2D eigenvalue weighted by atomic mass is 10.00. The number of hydrogen-bond acceptors (Lipinski definition) is 3. The van der Waals surface area contributed by atoms with Crippen LogP contribution in [-0.2, 0) is 16.6 Å². The molecule has 0 unspecified atom stereocenters. The number of carbonyl (C=O) groups is 2. The first-order valence-electron chi connectivity index (χ1n) is 9.73. The molecule has 1 aliphatic carbocycles. The van der Waals surface area contributed by atoms with Crippen LogP contribution < -0.4 is 9.47 Å². The molecule has 0 radical (unpaired) electrons. The molecule has 2 aromatic rings. The molecular formula is C25H20N3O2+. The Bertz CT molecular complexity index is 1210. The maximum atomic E-state index is 13.5. The number of para-hydroxylation sites is 1. The van der Waals surface area contributed by atoms with E-state index in [0.29, 0.717) is 16.8 Å². The van der Waals surface area contributed by atoms with E-state index in [1.54, 1.807) is 12.1 Å². The van der Waals surface area contributed by atoms with E-state index in [0.717, 1.165) is 22.3 Å². The van der Waals surface area contributed by atoms with Crippen LogP contribution in [0.4, 0.5) is 5.69 Å². The van der Waals surface area contributed by atoms with E-state index in [-0.39, 0.29) is 11.8 Å². The number of amides is 2. The van der Waals surface area contributed by atoms with Gasteiger partial charge in [0.2, 0.25) is 0 Å². The molecule has 146 valence electrons. The maximum absolute atomic E-state index is 13.5. The Kier molecular flexibility index (Phi) is 4.10. The van der Waals surface area contributed by atoms with E-state index >= 15 is 0 Å². The lowest BCUT2D eigenvalue weighted by Crippen LogP contribution is -2.32. The molecule has 30 heavy (non-hydrogen) atoms. The highest BCUT2D eigenvalue weighted by Gasteiger charge is 2.45. The second-order valence-electron chi connectivity index (χ2n) is 7.51. The smallest absolute Gasteiger partial charge is 0.266 e. The predicted molar refractivity (Wildman–Crippen MR) is 115 cm³/mol. The van der Waals surface area contributed by atoms with Crippen LogP contribution in [0.25, 0.3) is 5.57 Å². The van der Waals surface area contributed by atoms with Gasteiger partial charge in [-0.1, -0.05) is 18.2 Å². The van der Waals surface area contributed by atoms with Gasteiger partial charge in [-0.2, -0.15) is 0 Å². The van der Waals surface area contributed by atoms with Gasteiger partial charge in [-0.3, -0.25) is 9.59 Å². The number of hydrogen-bond donors (Lipinski definition) is 0. The summed E-state index contributed by atoms with van der Waals surface area (Å²) in [6, 6.07) is 13.0. The summed E-state index contributed by atoms with van der Waals surface area (Å²) in [5.74, 6) is -0.561. The molecule has 5 rings (SSSR count). The second-order valence-corrected chi connectivity index (χ2v) is 7.51. The SMILES string of the molecule is CN1C=CC(=C2C=C(c3cc[n+](C)cc3)C3=C2C(=O)N(c2ccccc2)C3=O)C=C1. The molecule has 0 N–H and O–H groups in total.